The summed E-state index contributed by atoms with van der Waals surface area (Å²) in [6.07, 6.45) is 1.19. The monoisotopic (exact) mass is 345 g/mol. The van der Waals surface area contributed by atoms with Gasteiger partial charge in [0.25, 0.3) is 0 Å². The molecule has 0 radical (unpaired) electrons. The fraction of sp³-hybridized carbons (Fsp3) is 0.182. The number of hydrogen-bond donors (Lipinski definition) is 1. The summed E-state index contributed by atoms with van der Waals surface area (Å²) in [6.45, 7) is 1.70. The number of halogens is 1. The zero-order valence-corrected chi connectivity index (χ0v) is 13.0. The van der Waals surface area contributed by atoms with Gasteiger partial charge in [0.1, 0.15) is 0 Å². The summed E-state index contributed by atoms with van der Waals surface area (Å²) in [4.78, 5) is 29.9. The highest BCUT2D eigenvalue weighted by Gasteiger charge is 2.20. The molecule has 0 unspecified atom stereocenters. The zero-order chi connectivity index (χ0) is 15.6. The number of rotatable bonds is 5. The molecule has 1 N–H and O–H groups in total. The minimum absolute atomic E-state index is 0.125. The second-order valence-electron chi connectivity index (χ2n) is 3.90. The van der Waals surface area contributed by atoms with Crippen LogP contribution in [0.15, 0.2) is 21.6 Å². The van der Waals surface area contributed by atoms with Crippen LogP contribution in [0.25, 0.3) is 0 Å². The third-order valence-electron chi connectivity index (χ3n) is 2.36. The highest BCUT2D eigenvalue weighted by molar-refractivity contribution is 8.01. The molecule has 0 aliphatic rings. The molecule has 0 aliphatic carbocycles. The fourth-order valence-corrected chi connectivity index (χ4v) is 3.79. The van der Waals surface area contributed by atoms with Crippen molar-refractivity contribution < 1.29 is 14.8 Å². The number of aryl methyl sites for hydroxylation is 1. The van der Waals surface area contributed by atoms with Crippen LogP contribution in [-0.4, -0.2) is 26.0 Å². The average molecular weight is 346 g/mol. The van der Waals surface area contributed by atoms with E-state index < -0.39 is 10.9 Å². The van der Waals surface area contributed by atoms with Gasteiger partial charge in [-0.25, -0.2) is 9.97 Å². The first-order valence-electron chi connectivity index (χ1n) is 5.52. The van der Waals surface area contributed by atoms with Gasteiger partial charge in [0, 0.05) is 17.1 Å². The van der Waals surface area contributed by atoms with Gasteiger partial charge < -0.3 is 5.11 Å². The lowest BCUT2D eigenvalue weighted by Crippen LogP contribution is -1.99. The minimum atomic E-state index is -0.950. The molecule has 2 heterocycles. The van der Waals surface area contributed by atoms with Crippen LogP contribution in [0.4, 0.5) is 5.69 Å². The molecule has 110 valence electrons. The van der Waals surface area contributed by atoms with E-state index in [1.165, 1.54) is 23.6 Å². The van der Waals surface area contributed by atoms with Crippen molar-refractivity contribution in [2.45, 2.75) is 22.7 Å². The highest BCUT2D eigenvalue weighted by Crippen LogP contribution is 2.37. The lowest BCUT2D eigenvalue weighted by atomic mass is 10.3. The number of carboxylic acids is 1. The Bertz CT molecular complexity index is 719. The van der Waals surface area contributed by atoms with Gasteiger partial charge in [-0.2, -0.15) is 0 Å². The van der Waals surface area contributed by atoms with E-state index in [9.17, 15) is 14.9 Å². The lowest BCUT2D eigenvalue weighted by Gasteiger charge is -1.99. The van der Waals surface area contributed by atoms with E-state index in [4.69, 9.17) is 16.7 Å². The maximum Gasteiger partial charge on any atom is 0.308 e. The van der Waals surface area contributed by atoms with Gasteiger partial charge in [0.2, 0.25) is 0 Å². The SMILES string of the molecule is Cc1nc(Sc2ncc(Cl)cc2[N+](=O)[O-])sc1CC(=O)O. The van der Waals surface area contributed by atoms with Crippen LogP contribution in [0.2, 0.25) is 5.02 Å². The van der Waals surface area contributed by atoms with Crippen molar-refractivity contribution >= 4 is 46.4 Å². The quantitative estimate of drug-likeness (QED) is 0.655. The summed E-state index contributed by atoms with van der Waals surface area (Å²) in [5.41, 5.74) is 0.390. The Morgan fingerprint density at radius 2 is 2.33 bits per heavy atom. The summed E-state index contributed by atoms with van der Waals surface area (Å²) in [7, 11) is 0. The van der Waals surface area contributed by atoms with Crippen molar-refractivity contribution in [3.8, 4) is 0 Å². The lowest BCUT2D eigenvalue weighted by molar-refractivity contribution is -0.388. The average Bonchev–Trinajstić information content (AvgIpc) is 2.71. The molecular weight excluding hydrogens is 338 g/mol. The predicted octanol–water partition coefficient (Wildman–Crippen LogP) is 3.19. The van der Waals surface area contributed by atoms with E-state index in [-0.39, 0.29) is 22.2 Å². The number of thiazole rings is 1. The van der Waals surface area contributed by atoms with Crippen LogP contribution >= 0.6 is 34.7 Å². The molecule has 0 saturated carbocycles. The molecule has 0 bridgehead atoms. The summed E-state index contributed by atoms with van der Waals surface area (Å²) in [6, 6.07) is 1.22. The molecule has 0 saturated heterocycles. The van der Waals surface area contributed by atoms with Crippen LogP contribution in [0.5, 0.6) is 0 Å². The molecule has 0 amide bonds. The van der Waals surface area contributed by atoms with Gasteiger partial charge in [-0.05, 0) is 18.7 Å². The van der Waals surface area contributed by atoms with Gasteiger partial charge >= 0.3 is 11.7 Å². The maximum absolute atomic E-state index is 11.0. The molecular formula is C11H8ClN3O4S2. The Kier molecular flexibility index (Phi) is 4.76. The van der Waals surface area contributed by atoms with Crippen LogP contribution in [0, 0.1) is 17.0 Å². The Morgan fingerprint density at radius 1 is 1.62 bits per heavy atom. The third-order valence-corrected chi connectivity index (χ3v) is 4.80. The first-order chi connectivity index (χ1) is 9.86. The van der Waals surface area contributed by atoms with Crippen LogP contribution in [0.1, 0.15) is 10.6 Å². The van der Waals surface area contributed by atoms with E-state index in [1.807, 2.05) is 0 Å². The Hall–Kier alpha value is -1.71. The van der Waals surface area contributed by atoms with Crippen LogP contribution < -0.4 is 0 Å². The molecule has 0 aromatic carbocycles. The van der Waals surface area contributed by atoms with Crippen LogP contribution in [0.3, 0.4) is 0 Å². The van der Waals surface area contributed by atoms with Gasteiger partial charge in [-0.15, -0.1) is 11.3 Å². The number of hydrogen-bond acceptors (Lipinski definition) is 7. The van der Waals surface area contributed by atoms with Crippen molar-refractivity contribution in [2.24, 2.45) is 0 Å². The molecule has 0 fully saturated rings. The highest BCUT2D eigenvalue weighted by atomic mass is 35.5. The smallest absolute Gasteiger partial charge is 0.308 e. The van der Waals surface area contributed by atoms with E-state index in [1.54, 1.807) is 6.92 Å². The number of carbonyl (C=O) groups is 1. The largest absolute Gasteiger partial charge is 0.481 e. The van der Waals surface area contributed by atoms with Crippen molar-refractivity contribution in [3.63, 3.8) is 0 Å². The fourth-order valence-electron chi connectivity index (χ4n) is 1.45. The second-order valence-corrected chi connectivity index (χ2v) is 6.65. The second kappa shape index (κ2) is 6.37. The number of nitro groups is 1. The summed E-state index contributed by atoms with van der Waals surface area (Å²) in [5.74, 6) is -0.950. The van der Waals surface area contributed by atoms with Crippen molar-refractivity contribution in [2.75, 3.05) is 0 Å². The van der Waals surface area contributed by atoms with Gasteiger partial charge in [-0.1, -0.05) is 11.6 Å². The summed E-state index contributed by atoms with van der Waals surface area (Å²) in [5, 5.41) is 20.1. The topological polar surface area (TPSA) is 106 Å². The zero-order valence-electron chi connectivity index (χ0n) is 10.6. The van der Waals surface area contributed by atoms with Gasteiger partial charge in [0.15, 0.2) is 9.37 Å². The molecule has 2 rings (SSSR count). The Labute approximate surface area is 132 Å². The van der Waals surface area contributed by atoms with Gasteiger partial charge in [-0.3, -0.25) is 14.9 Å². The molecule has 7 nitrogen and oxygen atoms in total. The first-order valence-corrected chi connectivity index (χ1v) is 7.54. The first kappa shape index (κ1) is 15.7. The molecule has 0 atom stereocenters. The number of pyridine rings is 1. The number of nitrogens with zero attached hydrogens (tertiary/aromatic N) is 3. The molecule has 2 aromatic rings. The number of carboxylic acid groups (broad SMARTS) is 1. The number of aliphatic carboxylic acids is 1. The normalized spacial score (nSPS) is 10.6. The van der Waals surface area contributed by atoms with Crippen molar-refractivity contribution in [1.82, 2.24) is 9.97 Å². The van der Waals surface area contributed by atoms with E-state index >= 15 is 0 Å². The molecule has 0 spiro atoms. The standard InChI is InChI=1S/C11H8ClN3O4S2/c1-5-8(3-9(16)17)20-11(14-5)21-10-7(15(18)19)2-6(12)4-13-10/h2,4H,3H2,1H3,(H,16,17). The Morgan fingerprint density at radius 3 is 2.95 bits per heavy atom. The third kappa shape index (κ3) is 3.90. The molecule has 2 aromatic heterocycles. The van der Waals surface area contributed by atoms with Crippen LogP contribution in [-0.2, 0) is 11.2 Å². The Balaban J connectivity index is 2.30. The van der Waals surface area contributed by atoms with Crippen molar-refractivity contribution in [1.29, 1.82) is 0 Å². The van der Waals surface area contributed by atoms with E-state index in [2.05, 4.69) is 9.97 Å². The predicted molar refractivity (Wildman–Crippen MR) is 78.2 cm³/mol. The molecule has 0 aliphatic heterocycles. The maximum atomic E-state index is 11.0. The van der Waals surface area contributed by atoms with E-state index in [0.29, 0.717) is 14.9 Å². The molecule has 21 heavy (non-hydrogen) atoms. The van der Waals surface area contributed by atoms with E-state index in [0.717, 1.165) is 11.8 Å². The minimum Gasteiger partial charge on any atom is -0.481 e. The summed E-state index contributed by atoms with van der Waals surface area (Å²) < 4.78 is 0.502. The van der Waals surface area contributed by atoms with Crippen molar-refractivity contribution in [3.05, 3.63) is 38.0 Å². The number of aromatic nitrogens is 2. The summed E-state index contributed by atoms with van der Waals surface area (Å²) >= 11 is 7.90. The van der Waals surface area contributed by atoms with Gasteiger partial charge in [0.05, 0.1) is 22.1 Å². The molecule has 10 heteroatoms.